The molecule has 2 unspecified atom stereocenters. The Morgan fingerprint density at radius 3 is 1.47 bits per heavy atom. The van der Waals surface area contributed by atoms with Gasteiger partial charge in [0.15, 0.2) is 0 Å². The SMILES string of the molecule is CCCC([B]C(CCC)CCN)CCN. The summed E-state index contributed by atoms with van der Waals surface area (Å²) in [7, 11) is 2.52. The highest BCUT2D eigenvalue weighted by atomic mass is 14.5. The van der Waals surface area contributed by atoms with E-state index >= 15 is 0 Å². The van der Waals surface area contributed by atoms with E-state index in [1.165, 1.54) is 25.7 Å². The molecule has 0 aromatic carbocycles. The van der Waals surface area contributed by atoms with Crippen LogP contribution in [0, 0.1) is 0 Å². The predicted octanol–water partition coefficient (Wildman–Crippen LogP) is 2.57. The van der Waals surface area contributed by atoms with E-state index in [9.17, 15) is 0 Å². The molecule has 0 heterocycles. The summed E-state index contributed by atoms with van der Waals surface area (Å²) in [4.78, 5) is 0. The summed E-state index contributed by atoms with van der Waals surface area (Å²) in [6.07, 6.45) is 7.34. The van der Waals surface area contributed by atoms with Crippen LogP contribution < -0.4 is 11.5 Å². The molecule has 0 aromatic heterocycles. The second-order valence-electron chi connectivity index (χ2n) is 4.44. The number of hydrogen-bond donors (Lipinski definition) is 2. The van der Waals surface area contributed by atoms with Crippen molar-refractivity contribution in [3.63, 3.8) is 0 Å². The van der Waals surface area contributed by atoms with E-state index in [0.29, 0.717) is 11.6 Å². The van der Waals surface area contributed by atoms with E-state index in [1.807, 2.05) is 0 Å². The minimum Gasteiger partial charge on any atom is -0.330 e. The van der Waals surface area contributed by atoms with Crippen LogP contribution in [0.15, 0.2) is 0 Å². The first-order valence-electron chi connectivity index (χ1n) is 6.53. The zero-order chi connectivity index (χ0) is 11.5. The van der Waals surface area contributed by atoms with Crippen molar-refractivity contribution in [1.29, 1.82) is 0 Å². The predicted molar refractivity (Wildman–Crippen MR) is 70.4 cm³/mol. The van der Waals surface area contributed by atoms with E-state index in [0.717, 1.165) is 25.9 Å². The van der Waals surface area contributed by atoms with Gasteiger partial charge in [0.1, 0.15) is 7.28 Å². The lowest BCUT2D eigenvalue weighted by atomic mass is 9.51. The Bertz CT molecular complexity index is 105. The molecule has 2 atom stereocenters. The van der Waals surface area contributed by atoms with Crippen LogP contribution in [0.4, 0.5) is 0 Å². The molecule has 0 fully saturated rings. The van der Waals surface area contributed by atoms with Gasteiger partial charge in [-0.3, -0.25) is 0 Å². The van der Waals surface area contributed by atoms with E-state index < -0.39 is 0 Å². The zero-order valence-corrected chi connectivity index (χ0v) is 10.5. The van der Waals surface area contributed by atoms with E-state index in [4.69, 9.17) is 11.5 Å². The number of hydrogen-bond acceptors (Lipinski definition) is 2. The summed E-state index contributed by atoms with van der Waals surface area (Å²) in [5.74, 6) is 1.42. The van der Waals surface area contributed by atoms with Crippen molar-refractivity contribution in [2.75, 3.05) is 13.1 Å². The Morgan fingerprint density at radius 2 is 1.20 bits per heavy atom. The molecule has 4 N–H and O–H groups in total. The Kier molecular flexibility index (Phi) is 10.5. The molecule has 3 heteroatoms. The molecule has 2 nitrogen and oxygen atoms in total. The van der Waals surface area contributed by atoms with Crippen molar-refractivity contribution in [2.24, 2.45) is 11.5 Å². The highest BCUT2D eigenvalue weighted by molar-refractivity contribution is 6.39. The van der Waals surface area contributed by atoms with Crippen molar-refractivity contribution >= 4 is 7.28 Å². The van der Waals surface area contributed by atoms with Crippen molar-refractivity contribution in [3.8, 4) is 0 Å². The molecule has 89 valence electrons. The van der Waals surface area contributed by atoms with E-state index in [-0.39, 0.29) is 0 Å². The van der Waals surface area contributed by atoms with Crippen molar-refractivity contribution in [3.05, 3.63) is 0 Å². The molecular formula is C12H28BN2. The number of nitrogens with two attached hydrogens (primary N) is 2. The molecule has 0 aliphatic heterocycles. The van der Waals surface area contributed by atoms with Gasteiger partial charge in [-0.2, -0.15) is 0 Å². The molecule has 0 rings (SSSR count). The van der Waals surface area contributed by atoms with Gasteiger partial charge < -0.3 is 11.5 Å². The normalized spacial score (nSPS) is 14.9. The van der Waals surface area contributed by atoms with Gasteiger partial charge in [-0.25, -0.2) is 0 Å². The maximum Gasteiger partial charge on any atom is 0.117 e. The Morgan fingerprint density at radius 1 is 0.800 bits per heavy atom. The highest BCUT2D eigenvalue weighted by Gasteiger charge is 2.15. The van der Waals surface area contributed by atoms with Crippen LogP contribution in [0.25, 0.3) is 0 Å². The summed E-state index contributed by atoms with van der Waals surface area (Å²) in [6, 6.07) is 0. The molecule has 0 aliphatic carbocycles. The average molecular weight is 211 g/mol. The quantitative estimate of drug-likeness (QED) is 0.545. The van der Waals surface area contributed by atoms with Crippen molar-refractivity contribution < 1.29 is 0 Å². The lowest BCUT2D eigenvalue weighted by molar-refractivity contribution is 0.619. The Labute approximate surface area is 96.4 Å². The van der Waals surface area contributed by atoms with Crippen molar-refractivity contribution in [1.82, 2.24) is 0 Å². The summed E-state index contributed by atoms with van der Waals surface area (Å²) in [6.45, 7) is 6.11. The van der Waals surface area contributed by atoms with Crippen LogP contribution in [0.5, 0.6) is 0 Å². The van der Waals surface area contributed by atoms with Crippen LogP contribution in [-0.4, -0.2) is 20.4 Å². The molecule has 0 spiro atoms. The number of rotatable bonds is 10. The second kappa shape index (κ2) is 10.5. The highest BCUT2D eigenvalue weighted by Crippen LogP contribution is 2.26. The van der Waals surface area contributed by atoms with Gasteiger partial charge in [0.25, 0.3) is 0 Å². The maximum atomic E-state index is 5.64. The van der Waals surface area contributed by atoms with Gasteiger partial charge in [0, 0.05) is 0 Å². The third kappa shape index (κ3) is 7.86. The lowest BCUT2D eigenvalue weighted by Gasteiger charge is -2.21. The standard InChI is InChI=1S/C12H28BN2/c1-3-5-11(7-9-14)13-12(6-4-2)8-10-15/h11-12H,3-10,14-15H2,1-2H3. The Hall–Kier alpha value is -0.0151. The van der Waals surface area contributed by atoms with Crippen molar-refractivity contribution in [2.45, 2.75) is 64.0 Å². The molecule has 1 radical (unpaired) electrons. The monoisotopic (exact) mass is 211 g/mol. The molecule has 0 bridgehead atoms. The Balaban J connectivity index is 3.93. The summed E-state index contributed by atoms with van der Waals surface area (Å²) >= 11 is 0. The summed E-state index contributed by atoms with van der Waals surface area (Å²) in [5.41, 5.74) is 11.3. The average Bonchev–Trinajstić information content (AvgIpc) is 2.19. The zero-order valence-electron chi connectivity index (χ0n) is 10.5. The van der Waals surface area contributed by atoms with E-state index in [2.05, 4.69) is 21.1 Å². The second-order valence-corrected chi connectivity index (χ2v) is 4.44. The fourth-order valence-electron chi connectivity index (χ4n) is 2.23. The minimum absolute atomic E-state index is 0.711. The van der Waals surface area contributed by atoms with E-state index in [1.54, 1.807) is 0 Å². The van der Waals surface area contributed by atoms with Gasteiger partial charge in [0.05, 0.1) is 0 Å². The third-order valence-electron chi connectivity index (χ3n) is 2.94. The van der Waals surface area contributed by atoms with Gasteiger partial charge in [-0.05, 0) is 25.9 Å². The first kappa shape index (κ1) is 15.0. The third-order valence-corrected chi connectivity index (χ3v) is 2.94. The fraction of sp³-hybridized carbons (Fsp3) is 1.00. The molecule has 0 saturated carbocycles. The van der Waals surface area contributed by atoms with Crippen LogP contribution in [0.3, 0.4) is 0 Å². The molecule has 0 amide bonds. The molecular weight excluding hydrogens is 183 g/mol. The summed E-state index contributed by atoms with van der Waals surface area (Å²) in [5, 5.41) is 0. The minimum atomic E-state index is 0.711. The maximum absolute atomic E-state index is 5.64. The van der Waals surface area contributed by atoms with Gasteiger partial charge in [0.2, 0.25) is 0 Å². The fourth-order valence-corrected chi connectivity index (χ4v) is 2.23. The van der Waals surface area contributed by atoms with Crippen LogP contribution in [0.1, 0.15) is 52.4 Å². The summed E-state index contributed by atoms with van der Waals surface area (Å²) < 4.78 is 0. The van der Waals surface area contributed by atoms with Crippen LogP contribution in [-0.2, 0) is 0 Å². The molecule has 15 heavy (non-hydrogen) atoms. The molecule has 0 aromatic rings. The van der Waals surface area contributed by atoms with Gasteiger partial charge in [-0.15, -0.1) is 0 Å². The largest absolute Gasteiger partial charge is 0.330 e. The molecule has 0 saturated heterocycles. The first-order valence-corrected chi connectivity index (χ1v) is 6.53. The topological polar surface area (TPSA) is 52.0 Å². The smallest absolute Gasteiger partial charge is 0.117 e. The molecule has 0 aliphatic rings. The first-order chi connectivity index (χ1) is 7.28. The van der Waals surface area contributed by atoms with Crippen LogP contribution >= 0.6 is 0 Å². The van der Waals surface area contributed by atoms with Crippen LogP contribution in [0.2, 0.25) is 11.6 Å². The lowest BCUT2D eigenvalue weighted by Crippen LogP contribution is -2.17. The van der Waals surface area contributed by atoms with Gasteiger partial charge >= 0.3 is 0 Å². The van der Waals surface area contributed by atoms with Gasteiger partial charge in [-0.1, -0.05) is 51.2 Å².